The normalized spacial score (nSPS) is 6.67. The molecule has 0 spiro atoms. The van der Waals surface area contributed by atoms with Gasteiger partial charge >= 0.3 is 0 Å². The minimum absolute atomic E-state index is 0.148. The van der Waals surface area contributed by atoms with Crippen molar-refractivity contribution in [3.8, 4) is 6.07 Å². The second-order valence-corrected chi connectivity index (χ2v) is 0.944. The highest BCUT2D eigenvalue weighted by molar-refractivity contribution is 5.95. The molecule has 0 heterocycles. The summed E-state index contributed by atoms with van der Waals surface area (Å²) in [4.78, 5) is 0. The van der Waals surface area contributed by atoms with Gasteiger partial charge in [-0.25, -0.2) is 0 Å². The maximum absolute atomic E-state index is 7.86. The van der Waals surface area contributed by atoms with Crippen LogP contribution in [0.2, 0.25) is 0 Å². The zero-order chi connectivity index (χ0) is 4.99. The van der Waals surface area contributed by atoms with E-state index in [1.165, 1.54) is 0 Å². The van der Waals surface area contributed by atoms with Gasteiger partial charge in [-0.15, -0.1) is 0 Å². The van der Waals surface area contributed by atoms with E-state index in [4.69, 9.17) is 10.7 Å². The number of nitriles is 1. The maximum Gasteiger partial charge on any atom is 0.114 e. The summed E-state index contributed by atoms with van der Waals surface area (Å²) >= 11 is 0. The Balaban J connectivity index is 3.33. The van der Waals surface area contributed by atoms with Crippen molar-refractivity contribution in [2.45, 2.75) is 13.3 Å². The first-order valence-corrected chi connectivity index (χ1v) is 1.78. The molecule has 0 atom stereocenters. The molecule has 0 aromatic rings. The van der Waals surface area contributed by atoms with Gasteiger partial charge in [-0.2, -0.15) is 5.26 Å². The third-order valence-corrected chi connectivity index (χ3v) is 0.489. The van der Waals surface area contributed by atoms with Gasteiger partial charge in [0.15, 0.2) is 0 Å². The second kappa shape index (κ2) is 2.40. The molecule has 0 unspecified atom stereocenters. The van der Waals surface area contributed by atoms with E-state index >= 15 is 0 Å². The molecule has 0 aromatic heterocycles. The Bertz CT molecular complexity index is 88.2. The Hall–Kier alpha value is -0.840. The van der Waals surface area contributed by atoms with Gasteiger partial charge in [0, 0.05) is 0 Å². The largest absolute Gasteiger partial charge is 0.294 e. The fourth-order valence-electron chi connectivity index (χ4n) is 0.0791. The van der Waals surface area contributed by atoms with Crippen LogP contribution in [0.1, 0.15) is 13.3 Å². The highest BCUT2D eigenvalue weighted by Crippen LogP contribution is 1.73. The molecule has 0 bridgehead atoms. The molecule has 0 aromatic carbocycles. The fraction of sp³-hybridized carbons (Fsp3) is 0.500. The standard InChI is InChI=1S/C4H6N2/c1-2-4(6)3-5/h6H,2H2,1H3. The van der Waals surface area contributed by atoms with Crippen LogP contribution < -0.4 is 0 Å². The molecule has 0 aliphatic heterocycles. The van der Waals surface area contributed by atoms with Crippen LogP contribution in [0, 0.1) is 16.7 Å². The third-order valence-electron chi connectivity index (χ3n) is 0.489. The van der Waals surface area contributed by atoms with Crippen molar-refractivity contribution in [3.05, 3.63) is 0 Å². The van der Waals surface area contributed by atoms with E-state index in [2.05, 4.69) is 0 Å². The number of nitrogens with one attached hydrogen (secondary N) is 1. The van der Waals surface area contributed by atoms with Crippen molar-refractivity contribution in [2.24, 2.45) is 0 Å². The monoisotopic (exact) mass is 82.1 g/mol. The first kappa shape index (κ1) is 5.16. The van der Waals surface area contributed by atoms with Gasteiger partial charge in [-0.1, -0.05) is 6.92 Å². The average molecular weight is 82.1 g/mol. The van der Waals surface area contributed by atoms with E-state index in [1.54, 1.807) is 13.0 Å². The van der Waals surface area contributed by atoms with Crippen molar-refractivity contribution in [3.63, 3.8) is 0 Å². The van der Waals surface area contributed by atoms with Crippen LogP contribution in [0.4, 0.5) is 0 Å². The Morgan fingerprint density at radius 2 is 2.50 bits per heavy atom. The van der Waals surface area contributed by atoms with Crippen LogP contribution in [-0.2, 0) is 0 Å². The molecular formula is C4H6N2. The molecule has 0 aliphatic carbocycles. The number of hydrogen-bond donors (Lipinski definition) is 1. The van der Waals surface area contributed by atoms with Crippen molar-refractivity contribution in [2.75, 3.05) is 0 Å². The number of nitrogens with zero attached hydrogens (tertiary/aromatic N) is 1. The quantitative estimate of drug-likeness (QED) is 0.470. The Labute approximate surface area is 36.9 Å². The minimum atomic E-state index is 0.148. The second-order valence-electron chi connectivity index (χ2n) is 0.944. The van der Waals surface area contributed by atoms with Gasteiger partial charge in [0.25, 0.3) is 0 Å². The summed E-state index contributed by atoms with van der Waals surface area (Å²) in [5.74, 6) is 0. The van der Waals surface area contributed by atoms with Crippen molar-refractivity contribution < 1.29 is 0 Å². The smallest absolute Gasteiger partial charge is 0.114 e. The molecule has 0 saturated heterocycles. The topological polar surface area (TPSA) is 47.6 Å². The summed E-state index contributed by atoms with van der Waals surface area (Å²) in [5, 5.41) is 14.5. The summed E-state index contributed by atoms with van der Waals surface area (Å²) in [6.45, 7) is 1.78. The van der Waals surface area contributed by atoms with Crippen LogP contribution >= 0.6 is 0 Å². The number of rotatable bonds is 1. The summed E-state index contributed by atoms with van der Waals surface area (Å²) in [6, 6.07) is 1.70. The Morgan fingerprint density at radius 3 is 2.50 bits per heavy atom. The molecule has 2 nitrogen and oxygen atoms in total. The lowest BCUT2D eigenvalue weighted by atomic mass is 10.3. The van der Waals surface area contributed by atoms with Gasteiger partial charge in [0.05, 0.1) is 0 Å². The first-order chi connectivity index (χ1) is 2.81. The van der Waals surface area contributed by atoms with Gasteiger partial charge in [0.2, 0.25) is 0 Å². The van der Waals surface area contributed by atoms with Crippen molar-refractivity contribution in [1.82, 2.24) is 0 Å². The van der Waals surface area contributed by atoms with E-state index in [1.807, 2.05) is 0 Å². The molecule has 0 fully saturated rings. The highest BCUT2D eigenvalue weighted by atomic mass is 14.4. The summed E-state index contributed by atoms with van der Waals surface area (Å²) in [6.07, 6.45) is 0.552. The van der Waals surface area contributed by atoms with E-state index in [0.29, 0.717) is 6.42 Å². The van der Waals surface area contributed by atoms with E-state index < -0.39 is 0 Å². The molecule has 0 aliphatic rings. The van der Waals surface area contributed by atoms with E-state index in [0.717, 1.165) is 0 Å². The molecule has 32 valence electrons. The first-order valence-electron chi connectivity index (χ1n) is 1.78. The van der Waals surface area contributed by atoms with Gasteiger partial charge in [0.1, 0.15) is 11.8 Å². The van der Waals surface area contributed by atoms with Crippen molar-refractivity contribution >= 4 is 5.71 Å². The zero-order valence-corrected chi connectivity index (χ0v) is 3.65. The van der Waals surface area contributed by atoms with Gasteiger partial charge in [-0.3, -0.25) is 5.41 Å². The molecule has 2 heteroatoms. The van der Waals surface area contributed by atoms with Crippen LogP contribution in [0.3, 0.4) is 0 Å². The molecule has 0 rings (SSSR count). The van der Waals surface area contributed by atoms with Gasteiger partial charge in [-0.05, 0) is 6.42 Å². The molecule has 6 heavy (non-hydrogen) atoms. The van der Waals surface area contributed by atoms with Crippen LogP contribution in [-0.4, -0.2) is 5.71 Å². The number of hydrogen-bond acceptors (Lipinski definition) is 2. The minimum Gasteiger partial charge on any atom is -0.294 e. The lowest BCUT2D eigenvalue weighted by molar-refractivity contribution is 1.26. The zero-order valence-electron chi connectivity index (χ0n) is 3.65. The molecular weight excluding hydrogens is 76.1 g/mol. The summed E-state index contributed by atoms with van der Waals surface area (Å²) < 4.78 is 0. The summed E-state index contributed by atoms with van der Waals surface area (Å²) in [5.41, 5.74) is 0.148. The van der Waals surface area contributed by atoms with E-state index in [9.17, 15) is 0 Å². The molecule has 0 radical (unpaired) electrons. The predicted molar refractivity (Wildman–Crippen MR) is 23.6 cm³/mol. The maximum atomic E-state index is 7.86. The molecule has 0 amide bonds. The predicted octanol–water partition coefficient (Wildman–Crippen LogP) is 0.940. The third kappa shape index (κ3) is 1.48. The van der Waals surface area contributed by atoms with Crippen LogP contribution in [0.25, 0.3) is 0 Å². The lowest BCUT2D eigenvalue weighted by Crippen LogP contribution is -1.83. The Morgan fingerprint density at radius 1 is 2.00 bits per heavy atom. The lowest BCUT2D eigenvalue weighted by Gasteiger charge is -1.73. The molecule has 1 N–H and O–H groups in total. The van der Waals surface area contributed by atoms with Gasteiger partial charge < -0.3 is 0 Å². The summed E-state index contributed by atoms with van der Waals surface area (Å²) in [7, 11) is 0. The van der Waals surface area contributed by atoms with Crippen LogP contribution in [0.5, 0.6) is 0 Å². The van der Waals surface area contributed by atoms with Crippen LogP contribution in [0.15, 0.2) is 0 Å². The average Bonchev–Trinajstić information content (AvgIpc) is 1.65. The molecule has 0 saturated carbocycles. The SMILES string of the molecule is CCC(=N)C#N. The highest BCUT2D eigenvalue weighted by Gasteiger charge is 1.80. The van der Waals surface area contributed by atoms with Crippen molar-refractivity contribution in [1.29, 1.82) is 10.7 Å². The Kier molecular flexibility index (Phi) is 2.06. The fourth-order valence-corrected chi connectivity index (χ4v) is 0.0791. The van der Waals surface area contributed by atoms with E-state index in [-0.39, 0.29) is 5.71 Å².